The summed E-state index contributed by atoms with van der Waals surface area (Å²) in [7, 11) is 1.99. The molecule has 1 fully saturated rings. The van der Waals surface area contributed by atoms with E-state index in [-0.39, 0.29) is 0 Å². The summed E-state index contributed by atoms with van der Waals surface area (Å²) in [5.74, 6) is 0.692. The fourth-order valence-electron chi connectivity index (χ4n) is 3.20. The van der Waals surface area contributed by atoms with Crippen LogP contribution in [0.4, 0.5) is 0 Å². The Morgan fingerprint density at radius 2 is 1.76 bits per heavy atom. The average Bonchev–Trinajstić information content (AvgIpc) is 2.98. The molecule has 1 unspecified atom stereocenters. The Morgan fingerprint density at radius 1 is 1.00 bits per heavy atom. The van der Waals surface area contributed by atoms with Crippen LogP contribution in [-0.2, 0) is 13.1 Å². The van der Waals surface area contributed by atoms with Crippen molar-refractivity contribution in [3.05, 3.63) is 71.3 Å². The first kappa shape index (κ1) is 14.3. The molecular weight excluding hydrogens is 256 g/mol. The Balaban J connectivity index is 1.59. The van der Waals surface area contributed by atoms with Gasteiger partial charge < -0.3 is 5.32 Å². The molecule has 1 heterocycles. The van der Waals surface area contributed by atoms with Gasteiger partial charge in [-0.1, -0.05) is 54.6 Å². The van der Waals surface area contributed by atoms with E-state index in [0.717, 1.165) is 13.1 Å². The second-order valence-corrected chi connectivity index (χ2v) is 5.98. The Bertz CT molecular complexity index is 548. The molecule has 0 saturated carbocycles. The molecule has 110 valence electrons. The largest absolute Gasteiger partial charge is 0.316 e. The van der Waals surface area contributed by atoms with E-state index in [9.17, 15) is 0 Å². The smallest absolute Gasteiger partial charge is 0.0233 e. The quantitative estimate of drug-likeness (QED) is 0.903. The van der Waals surface area contributed by atoms with Crippen molar-refractivity contribution in [1.82, 2.24) is 10.2 Å². The van der Waals surface area contributed by atoms with Gasteiger partial charge in [0.2, 0.25) is 0 Å². The van der Waals surface area contributed by atoms with Gasteiger partial charge in [0, 0.05) is 19.6 Å². The SMILES string of the molecule is CNCc1ccc(C2CCN(Cc3ccccc3)C2)cc1. The highest BCUT2D eigenvalue weighted by molar-refractivity contribution is 5.26. The third-order valence-electron chi connectivity index (χ3n) is 4.35. The predicted molar refractivity (Wildman–Crippen MR) is 88.3 cm³/mol. The zero-order chi connectivity index (χ0) is 14.5. The maximum atomic E-state index is 3.20. The Hall–Kier alpha value is -1.64. The summed E-state index contributed by atoms with van der Waals surface area (Å²) < 4.78 is 0. The van der Waals surface area contributed by atoms with Crippen molar-refractivity contribution in [1.29, 1.82) is 0 Å². The molecule has 0 radical (unpaired) electrons. The number of benzene rings is 2. The summed E-state index contributed by atoms with van der Waals surface area (Å²) in [5.41, 5.74) is 4.27. The Morgan fingerprint density at radius 3 is 2.48 bits per heavy atom. The summed E-state index contributed by atoms with van der Waals surface area (Å²) >= 11 is 0. The molecule has 2 heteroatoms. The molecule has 3 rings (SSSR count). The second-order valence-electron chi connectivity index (χ2n) is 5.98. The lowest BCUT2D eigenvalue weighted by Gasteiger charge is -2.16. The van der Waals surface area contributed by atoms with Gasteiger partial charge in [0.25, 0.3) is 0 Å². The summed E-state index contributed by atoms with van der Waals surface area (Å²) in [5, 5.41) is 3.20. The zero-order valence-corrected chi connectivity index (χ0v) is 12.8. The van der Waals surface area contributed by atoms with Gasteiger partial charge in [-0.2, -0.15) is 0 Å². The topological polar surface area (TPSA) is 15.3 Å². The average molecular weight is 280 g/mol. The van der Waals surface area contributed by atoms with Gasteiger partial charge in [0.15, 0.2) is 0 Å². The molecule has 1 N–H and O–H groups in total. The van der Waals surface area contributed by atoms with Crippen LogP contribution in [0.25, 0.3) is 0 Å². The van der Waals surface area contributed by atoms with E-state index in [1.54, 1.807) is 0 Å². The highest BCUT2D eigenvalue weighted by Crippen LogP contribution is 2.28. The molecule has 21 heavy (non-hydrogen) atoms. The van der Waals surface area contributed by atoms with Gasteiger partial charge >= 0.3 is 0 Å². The molecule has 1 aliphatic rings. The second kappa shape index (κ2) is 6.88. The molecule has 2 nitrogen and oxygen atoms in total. The van der Waals surface area contributed by atoms with Crippen LogP contribution in [0.2, 0.25) is 0 Å². The van der Waals surface area contributed by atoms with Crippen LogP contribution in [0.3, 0.4) is 0 Å². The van der Waals surface area contributed by atoms with E-state index in [4.69, 9.17) is 0 Å². The van der Waals surface area contributed by atoms with Crippen molar-refractivity contribution in [2.45, 2.75) is 25.4 Å². The van der Waals surface area contributed by atoms with E-state index in [0.29, 0.717) is 5.92 Å². The van der Waals surface area contributed by atoms with Gasteiger partial charge in [-0.05, 0) is 42.6 Å². The van der Waals surface area contributed by atoms with Gasteiger partial charge in [0.1, 0.15) is 0 Å². The Kier molecular flexibility index (Phi) is 4.69. The summed E-state index contributed by atoms with van der Waals surface area (Å²) in [6, 6.07) is 19.9. The van der Waals surface area contributed by atoms with Crippen molar-refractivity contribution >= 4 is 0 Å². The minimum Gasteiger partial charge on any atom is -0.316 e. The molecular formula is C19H24N2. The van der Waals surface area contributed by atoms with Crippen molar-refractivity contribution in [2.75, 3.05) is 20.1 Å². The van der Waals surface area contributed by atoms with Crippen LogP contribution in [0.1, 0.15) is 29.0 Å². The standard InChI is InChI=1S/C19H24N2/c1-20-13-16-7-9-18(10-8-16)19-11-12-21(15-19)14-17-5-3-2-4-6-17/h2-10,19-20H,11-15H2,1H3. The monoisotopic (exact) mass is 280 g/mol. The number of nitrogens with one attached hydrogen (secondary N) is 1. The predicted octanol–water partition coefficient (Wildman–Crippen LogP) is 3.40. The maximum Gasteiger partial charge on any atom is 0.0233 e. The van der Waals surface area contributed by atoms with Crippen molar-refractivity contribution < 1.29 is 0 Å². The molecule has 0 amide bonds. The molecule has 2 aromatic carbocycles. The highest BCUT2D eigenvalue weighted by atomic mass is 15.1. The zero-order valence-electron chi connectivity index (χ0n) is 12.8. The van der Waals surface area contributed by atoms with Crippen LogP contribution in [0.15, 0.2) is 54.6 Å². The van der Waals surface area contributed by atoms with Crippen LogP contribution in [0, 0.1) is 0 Å². The minimum atomic E-state index is 0.692. The van der Waals surface area contributed by atoms with Gasteiger partial charge in [0.05, 0.1) is 0 Å². The van der Waals surface area contributed by atoms with Crippen molar-refractivity contribution in [3.8, 4) is 0 Å². The van der Waals surface area contributed by atoms with E-state index in [1.165, 1.54) is 36.2 Å². The number of hydrogen-bond acceptors (Lipinski definition) is 2. The third kappa shape index (κ3) is 3.72. The molecule has 0 spiro atoms. The first-order valence-electron chi connectivity index (χ1n) is 7.85. The van der Waals surface area contributed by atoms with E-state index in [2.05, 4.69) is 64.8 Å². The molecule has 0 bridgehead atoms. The molecule has 0 aromatic heterocycles. The molecule has 1 aliphatic heterocycles. The van der Waals surface area contributed by atoms with Crippen LogP contribution >= 0.6 is 0 Å². The lowest BCUT2D eigenvalue weighted by atomic mass is 9.97. The number of likely N-dealkylation sites (tertiary alicyclic amines) is 1. The lowest BCUT2D eigenvalue weighted by molar-refractivity contribution is 0.327. The van der Waals surface area contributed by atoms with Crippen LogP contribution in [-0.4, -0.2) is 25.0 Å². The van der Waals surface area contributed by atoms with Crippen LogP contribution < -0.4 is 5.32 Å². The van der Waals surface area contributed by atoms with Crippen molar-refractivity contribution in [2.24, 2.45) is 0 Å². The van der Waals surface area contributed by atoms with Gasteiger partial charge in [-0.3, -0.25) is 4.90 Å². The van der Waals surface area contributed by atoms with E-state index >= 15 is 0 Å². The summed E-state index contributed by atoms with van der Waals surface area (Å²) in [6.45, 7) is 4.42. The Labute approximate surface area is 127 Å². The van der Waals surface area contributed by atoms with E-state index < -0.39 is 0 Å². The normalized spacial score (nSPS) is 19.0. The number of rotatable bonds is 5. The highest BCUT2D eigenvalue weighted by Gasteiger charge is 2.23. The summed E-state index contributed by atoms with van der Waals surface area (Å²) in [6.07, 6.45) is 1.28. The molecule has 1 saturated heterocycles. The lowest BCUT2D eigenvalue weighted by Crippen LogP contribution is -2.19. The maximum absolute atomic E-state index is 3.20. The van der Waals surface area contributed by atoms with Crippen molar-refractivity contribution in [3.63, 3.8) is 0 Å². The fourth-order valence-corrected chi connectivity index (χ4v) is 3.20. The molecule has 0 aliphatic carbocycles. The van der Waals surface area contributed by atoms with Gasteiger partial charge in [-0.15, -0.1) is 0 Å². The first-order valence-corrected chi connectivity index (χ1v) is 7.85. The van der Waals surface area contributed by atoms with E-state index in [1.807, 2.05) is 7.05 Å². The minimum absolute atomic E-state index is 0.692. The number of hydrogen-bond donors (Lipinski definition) is 1. The third-order valence-corrected chi connectivity index (χ3v) is 4.35. The molecule has 2 aromatic rings. The van der Waals surface area contributed by atoms with Gasteiger partial charge in [-0.25, -0.2) is 0 Å². The first-order chi connectivity index (χ1) is 10.3. The number of nitrogens with zero attached hydrogens (tertiary/aromatic N) is 1. The molecule has 1 atom stereocenters. The summed E-state index contributed by atoms with van der Waals surface area (Å²) in [4.78, 5) is 2.57. The fraction of sp³-hybridized carbons (Fsp3) is 0.368. The van der Waals surface area contributed by atoms with Crippen LogP contribution in [0.5, 0.6) is 0 Å².